The molecular weight excluding hydrogens is 592 g/mol. The van der Waals surface area contributed by atoms with Gasteiger partial charge in [-0.25, -0.2) is 0 Å². The SMILES string of the molecule is COc1cc2c(c3c(C)c[nH]c13)CCN2C(=O)C12CCC(C(=O)N3CC(CCl)c4c3cc(OC(C)=O)c3[nH]cc(C)c43)(CC1)C2. The van der Waals surface area contributed by atoms with Gasteiger partial charge in [0.05, 0.1) is 40.3 Å². The van der Waals surface area contributed by atoms with Crippen LogP contribution in [0.3, 0.4) is 0 Å². The minimum absolute atomic E-state index is 0.0515. The van der Waals surface area contributed by atoms with Crippen molar-refractivity contribution in [3.63, 3.8) is 0 Å². The molecule has 2 aliphatic carbocycles. The average Bonchev–Trinajstić information content (AvgIpc) is 3.87. The first-order valence-corrected chi connectivity index (χ1v) is 16.4. The van der Waals surface area contributed by atoms with Crippen molar-refractivity contribution in [1.82, 2.24) is 9.97 Å². The fourth-order valence-corrected chi connectivity index (χ4v) is 9.40. The fourth-order valence-electron chi connectivity index (χ4n) is 9.15. The van der Waals surface area contributed by atoms with E-state index in [1.165, 1.54) is 12.5 Å². The molecular formula is C35H37ClN4O5. The first kappa shape index (κ1) is 28.5. The number of fused-ring (bicyclic) bond motifs is 8. The van der Waals surface area contributed by atoms with Gasteiger partial charge in [0.1, 0.15) is 5.75 Å². The highest BCUT2D eigenvalue weighted by Crippen LogP contribution is 2.64. The van der Waals surface area contributed by atoms with E-state index in [-0.39, 0.29) is 17.7 Å². The van der Waals surface area contributed by atoms with E-state index in [2.05, 4.69) is 16.9 Å². The molecule has 234 valence electrons. The quantitative estimate of drug-likeness (QED) is 0.151. The van der Waals surface area contributed by atoms with E-state index in [0.29, 0.717) is 56.8 Å². The number of alkyl halides is 1. The van der Waals surface area contributed by atoms with E-state index in [1.54, 1.807) is 7.11 Å². The Balaban J connectivity index is 1.13. The molecule has 8 rings (SSSR count). The molecule has 2 bridgehead atoms. The maximum absolute atomic E-state index is 14.7. The molecule has 2 amide bonds. The molecule has 2 aromatic heterocycles. The summed E-state index contributed by atoms with van der Waals surface area (Å²) in [5.41, 5.74) is 6.58. The second kappa shape index (κ2) is 9.76. The normalized spacial score (nSPS) is 25.0. The summed E-state index contributed by atoms with van der Waals surface area (Å²) in [6.07, 6.45) is 7.98. The Morgan fingerprint density at radius 2 is 1.51 bits per heavy atom. The summed E-state index contributed by atoms with van der Waals surface area (Å²) >= 11 is 6.53. The number of hydrogen-bond donors (Lipinski definition) is 2. The number of aryl methyl sites for hydroxylation is 2. The number of rotatable bonds is 5. The highest BCUT2D eigenvalue weighted by Gasteiger charge is 2.63. The van der Waals surface area contributed by atoms with Gasteiger partial charge in [0.2, 0.25) is 11.8 Å². The van der Waals surface area contributed by atoms with Crippen LogP contribution in [0.1, 0.15) is 67.2 Å². The second-order valence-electron chi connectivity index (χ2n) is 13.6. The molecule has 1 atom stereocenters. The zero-order valence-electron chi connectivity index (χ0n) is 26.1. The Hall–Kier alpha value is -3.98. The van der Waals surface area contributed by atoms with E-state index in [0.717, 1.165) is 62.0 Å². The first-order chi connectivity index (χ1) is 21.6. The molecule has 0 saturated heterocycles. The van der Waals surface area contributed by atoms with Gasteiger partial charge >= 0.3 is 5.97 Å². The maximum Gasteiger partial charge on any atom is 0.308 e. The minimum atomic E-state index is -0.612. The smallest absolute Gasteiger partial charge is 0.308 e. The monoisotopic (exact) mass is 628 g/mol. The third-order valence-electron chi connectivity index (χ3n) is 11.2. The predicted molar refractivity (Wildman–Crippen MR) is 174 cm³/mol. The van der Waals surface area contributed by atoms with Gasteiger partial charge < -0.3 is 29.2 Å². The molecule has 0 spiro atoms. The number of amides is 2. The van der Waals surface area contributed by atoms with E-state index in [9.17, 15) is 14.4 Å². The van der Waals surface area contributed by atoms with Crippen molar-refractivity contribution in [3.8, 4) is 11.5 Å². The number of ether oxygens (including phenoxy) is 2. The fraction of sp³-hybridized carbons (Fsp3) is 0.457. The summed E-state index contributed by atoms with van der Waals surface area (Å²) in [5, 5.41) is 2.10. The average molecular weight is 629 g/mol. The van der Waals surface area contributed by atoms with Gasteiger partial charge in [-0.3, -0.25) is 14.4 Å². The lowest BCUT2D eigenvalue weighted by atomic mass is 9.80. The summed E-state index contributed by atoms with van der Waals surface area (Å²) in [6.45, 7) is 6.56. The molecule has 4 aromatic rings. The molecule has 45 heavy (non-hydrogen) atoms. The number of aromatic nitrogens is 2. The van der Waals surface area contributed by atoms with Crippen LogP contribution in [-0.2, 0) is 20.8 Å². The number of aromatic amines is 2. The molecule has 4 aliphatic rings. The van der Waals surface area contributed by atoms with Crippen molar-refractivity contribution < 1.29 is 23.9 Å². The number of nitrogens with zero attached hydrogens (tertiary/aromatic N) is 2. The van der Waals surface area contributed by atoms with Gasteiger partial charge in [0.25, 0.3) is 0 Å². The zero-order chi connectivity index (χ0) is 31.4. The van der Waals surface area contributed by atoms with Crippen LogP contribution < -0.4 is 19.3 Å². The summed E-state index contributed by atoms with van der Waals surface area (Å²) in [6, 6.07) is 3.81. The number of esters is 1. The molecule has 1 unspecified atom stereocenters. The molecule has 9 nitrogen and oxygen atoms in total. The number of carbonyl (C=O) groups is 3. The van der Waals surface area contributed by atoms with Crippen LogP contribution >= 0.6 is 11.6 Å². The van der Waals surface area contributed by atoms with Crippen LogP contribution in [0.2, 0.25) is 0 Å². The van der Waals surface area contributed by atoms with Crippen molar-refractivity contribution in [2.75, 3.05) is 35.9 Å². The maximum atomic E-state index is 14.7. The van der Waals surface area contributed by atoms with Gasteiger partial charge in [-0.2, -0.15) is 0 Å². The summed E-state index contributed by atoms with van der Waals surface area (Å²) in [4.78, 5) is 51.6. The lowest BCUT2D eigenvalue weighted by Crippen LogP contribution is -2.42. The topological polar surface area (TPSA) is 108 Å². The highest BCUT2D eigenvalue weighted by molar-refractivity contribution is 6.19. The molecule has 0 radical (unpaired) electrons. The molecule has 10 heteroatoms. The number of halogens is 1. The Morgan fingerprint density at radius 3 is 2.13 bits per heavy atom. The second-order valence-corrected chi connectivity index (χ2v) is 13.9. The molecule has 4 heterocycles. The van der Waals surface area contributed by atoms with Gasteiger partial charge in [0.15, 0.2) is 5.75 Å². The minimum Gasteiger partial charge on any atom is -0.494 e. The number of H-pyrrole nitrogens is 2. The van der Waals surface area contributed by atoms with E-state index < -0.39 is 16.8 Å². The Bertz CT molecular complexity index is 1950. The van der Waals surface area contributed by atoms with E-state index >= 15 is 0 Å². The summed E-state index contributed by atoms with van der Waals surface area (Å²) in [5.74, 6) is 1.22. The van der Waals surface area contributed by atoms with Crippen molar-refractivity contribution in [2.24, 2.45) is 10.8 Å². The lowest BCUT2D eigenvalue weighted by Gasteiger charge is -2.32. The summed E-state index contributed by atoms with van der Waals surface area (Å²) < 4.78 is 11.4. The van der Waals surface area contributed by atoms with Crippen LogP contribution in [0.5, 0.6) is 11.5 Å². The number of methoxy groups -OCH3 is 1. The molecule has 2 fully saturated rings. The number of carbonyl (C=O) groups excluding carboxylic acids is 3. The summed E-state index contributed by atoms with van der Waals surface area (Å²) in [7, 11) is 1.66. The molecule has 2 N–H and O–H groups in total. The van der Waals surface area contributed by atoms with Crippen molar-refractivity contribution in [3.05, 3.63) is 46.8 Å². The predicted octanol–water partition coefficient (Wildman–Crippen LogP) is 6.41. The number of nitrogens with one attached hydrogen (secondary N) is 2. The van der Waals surface area contributed by atoms with Gasteiger partial charge in [-0.05, 0) is 74.6 Å². The Kier molecular flexibility index (Phi) is 6.18. The van der Waals surface area contributed by atoms with E-state index in [1.807, 2.05) is 41.2 Å². The van der Waals surface area contributed by atoms with Crippen LogP contribution in [0.4, 0.5) is 11.4 Å². The van der Waals surface area contributed by atoms with E-state index in [4.69, 9.17) is 21.1 Å². The third kappa shape index (κ3) is 3.82. The highest BCUT2D eigenvalue weighted by atomic mass is 35.5. The molecule has 2 aliphatic heterocycles. The number of hydrogen-bond acceptors (Lipinski definition) is 5. The van der Waals surface area contributed by atoms with Crippen LogP contribution in [-0.4, -0.2) is 53.8 Å². The Morgan fingerprint density at radius 1 is 0.911 bits per heavy atom. The largest absolute Gasteiger partial charge is 0.494 e. The number of anilines is 2. The lowest BCUT2D eigenvalue weighted by molar-refractivity contribution is -0.132. The Labute approximate surface area is 266 Å². The number of benzene rings is 2. The van der Waals surface area contributed by atoms with Crippen molar-refractivity contribution in [1.29, 1.82) is 0 Å². The van der Waals surface area contributed by atoms with Crippen molar-refractivity contribution >= 4 is 62.6 Å². The van der Waals surface area contributed by atoms with Gasteiger partial charge in [-0.1, -0.05) is 0 Å². The third-order valence-corrected chi connectivity index (χ3v) is 11.6. The van der Waals surface area contributed by atoms with Crippen molar-refractivity contribution in [2.45, 2.75) is 65.2 Å². The molecule has 2 saturated carbocycles. The standard InChI is InChI=1S/C35H37ClN4O5/c1-18-14-37-30-25(44-4)11-23-22(27(18)30)5-10-39(23)32(42)34-6-8-35(17-34,9-7-34)33(43)40-16-21(13-36)29-24(40)12-26(45-20(3)41)31-28(29)19(2)15-38-31/h11-12,14-15,21,37-38H,5-10,13,16-17H2,1-4H3. The molecule has 2 aromatic carbocycles. The van der Waals surface area contributed by atoms with Crippen LogP contribution in [0, 0.1) is 24.7 Å². The van der Waals surface area contributed by atoms with Gasteiger partial charge in [-0.15, -0.1) is 11.6 Å². The van der Waals surface area contributed by atoms with Gasteiger partial charge in [0, 0.05) is 67.1 Å². The van der Waals surface area contributed by atoms with Crippen LogP contribution in [0.25, 0.3) is 21.8 Å². The van der Waals surface area contributed by atoms with Crippen LogP contribution in [0.15, 0.2) is 24.5 Å². The first-order valence-electron chi connectivity index (χ1n) is 15.8. The zero-order valence-corrected chi connectivity index (χ0v) is 26.8.